The molecule has 0 radical (unpaired) electrons. The van der Waals surface area contributed by atoms with Crippen LogP contribution < -0.4 is 4.72 Å². The van der Waals surface area contributed by atoms with Crippen molar-refractivity contribution in [3.05, 3.63) is 72.6 Å². The zero-order valence-electron chi connectivity index (χ0n) is 16.5. The summed E-state index contributed by atoms with van der Waals surface area (Å²) in [6.45, 7) is 4.92. The highest BCUT2D eigenvalue weighted by molar-refractivity contribution is 7.89. The van der Waals surface area contributed by atoms with Crippen LogP contribution >= 0.6 is 0 Å². The summed E-state index contributed by atoms with van der Waals surface area (Å²) < 4.78 is 26.8. The largest absolute Gasteiger partial charge is 0.342 e. The van der Waals surface area contributed by atoms with Crippen LogP contribution in [0.4, 0.5) is 0 Å². The summed E-state index contributed by atoms with van der Waals surface area (Å²) in [6, 6.07) is 13.9. The number of imidazole rings is 1. The third kappa shape index (κ3) is 4.15. The smallest absolute Gasteiger partial charge is 0.253 e. The van der Waals surface area contributed by atoms with E-state index < -0.39 is 10.0 Å². The van der Waals surface area contributed by atoms with Gasteiger partial charge in [-0.15, -0.1) is 6.58 Å². The van der Waals surface area contributed by atoms with Crippen LogP contribution in [0.25, 0.3) is 11.0 Å². The molecule has 1 amide bonds. The van der Waals surface area contributed by atoms with Crippen LogP contribution in [0.5, 0.6) is 0 Å². The number of benzene rings is 2. The number of amides is 1. The number of rotatable bonds is 6. The third-order valence-corrected chi connectivity index (χ3v) is 6.77. The van der Waals surface area contributed by atoms with Gasteiger partial charge in [-0.3, -0.25) is 4.79 Å². The Morgan fingerprint density at radius 1 is 1.23 bits per heavy atom. The molecule has 0 spiro atoms. The number of nitrogens with one attached hydrogen (secondary N) is 2. The van der Waals surface area contributed by atoms with Crippen molar-refractivity contribution >= 4 is 27.0 Å². The van der Waals surface area contributed by atoms with Crippen LogP contribution in [0.2, 0.25) is 0 Å². The van der Waals surface area contributed by atoms with Crippen LogP contribution in [-0.2, 0) is 10.0 Å². The Kier molecular flexibility index (Phi) is 5.69. The number of carbonyl (C=O) groups is 1. The van der Waals surface area contributed by atoms with Crippen LogP contribution in [0, 0.1) is 0 Å². The molecule has 1 aromatic heterocycles. The topological polar surface area (TPSA) is 95.2 Å². The maximum Gasteiger partial charge on any atom is 0.253 e. The van der Waals surface area contributed by atoms with Crippen molar-refractivity contribution in [1.82, 2.24) is 19.6 Å². The Bertz CT molecular complexity index is 1140. The molecule has 0 bridgehead atoms. The number of aromatic amines is 1. The molecule has 4 rings (SSSR count). The van der Waals surface area contributed by atoms with E-state index in [4.69, 9.17) is 4.98 Å². The standard InChI is InChI=1S/C22H24N4O3S/c1-2-13-23-30(28,29)18-11-9-16(10-12-18)22(27)26-14-5-6-17(15-26)21-24-19-7-3-4-8-20(19)25-21/h2-4,7-12,17,23H,1,5-6,13-15H2,(H,24,25)/t17-/m1/s1. The molecule has 2 heterocycles. The van der Waals surface area contributed by atoms with Gasteiger partial charge in [0.1, 0.15) is 5.82 Å². The molecule has 7 nitrogen and oxygen atoms in total. The van der Waals surface area contributed by atoms with Crippen molar-refractivity contribution in [3.8, 4) is 0 Å². The Balaban J connectivity index is 1.48. The average molecular weight is 425 g/mol. The van der Waals surface area contributed by atoms with Gasteiger partial charge >= 0.3 is 0 Å². The highest BCUT2D eigenvalue weighted by Gasteiger charge is 2.27. The van der Waals surface area contributed by atoms with E-state index in [0.29, 0.717) is 18.7 Å². The minimum absolute atomic E-state index is 0.0983. The molecule has 0 saturated carbocycles. The fraction of sp³-hybridized carbons (Fsp3) is 0.273. The summed E-state index contributed by atoms with van der Waals surface area (Å²) >= 11 is 0. The van der Waals surface area contributed by atoms with Gasteiger partial charge in [-0.25, -0.2) is 18.1 Å². The molecule has 3 aromatic rings. The summed E-state index contributed by atoms with van der Waals surface area (Å²) in [7, 11) is -3.61. The lowest BCUT2D eigenvalue weighted by molar-refractivity contribution is 0.0705. The van der Waals surface area contributed by atoms with Crippen molar-refractivity contribution < 1.29 is 13.2 Å². The van der Waals surface area contributed by atoms with Crippen LogP contribution in [-0.4, -0.2) is 48.8 Å². The highest BCUT2D eigenvalue weighted by Crippen LogP contribution is 2.27. The van der Waals surface area contributed by atoms with E-state index in [9.17, 15) is 13.2 Å². The fourth-order valence-electron chi connectivity index (χ4n) is 3.76. The number of para-hydroxylation sites is 2. The number of aromatic nitrogens is 2. The maximum atomic E-state index is 13.0. The van der Waals surface area contributed by atoms with Crippen LogP contribution in [0.1, 0.15) is 34.9 Å². The number of nitrogens with zero attached hydrogens (tertiary/aromatic N) is 2. The number of hydrogen-bond donors (Lipinski definition) is 2. The summed E-state index contributed by atoms with van der Waals surface area (Å²) in [5.74, 6) is 0.958. The molecule has 0 unspecified atom stereocenters. The van der Waals surface area contributed by atoms with Crippen molar-refractivity contribution in [1.29, 1.82) is 0 Å². The minimum Gasteiger partial charge on any atom is -0.342 e. The van der Waals surface area contributed by atoms with Crippen molar-refractivity contribution in [2.45, 2.75) is 23.7 Å². The Labute approximate surface area is 175 Å². The van der Waals surface area contributed by atoms with E-state index in [-0.39, 0.29) is 23.3 Å². The second-order valence-corrected chi connectivity index (χ2v) is 9.16. The van der Waals surface area contributed by atoms with E-state index in [1.165, 1.54) is 18.2 Å². The molecule has 2 N–H and O–H groups in total. The average Bonchev–Trinajstić information content (AvgIpc) is 3.22. The Hall–Kier alpha value is -2.97. The zero-order valence-corrected chi connectivity index (χ0v) is 17.4. The SMILES string of the molecule is C=CCNS(=O)(=O)c1ccc(C(=O)N2CCC[C@@H](c3nc4ccccc4[nH]3)C2)cc1. The second kappa shape index (κ2) is 8.41. The van der Waals surface area contributed by atoms with Gasteiger partial charge in [0.25, 0.3) is 5.91 Å². The number of hydrogen-bond acceptors (Lipinski definition) is 4. The second-order valence-electron chi connectivity index (χ2n) is 7.39. The zero-order chi connectivity index (χ0) is 21.1. The molecule has 1 aliphatic heterocycles. The normalized spacial score (nSPS) is 17.2. The van der Waals surface area contributed by atoms with E-state index >= 15 is 0 Å². The number of likely N-dealkylation sites (tertiary alicyclic amines) is 1. The number of sulfonamides is 1. The Morgan fingerprint density at radius 2 is 2.00 bits per heavy atom. The minimum atomic E-state index is -3.61. The van der Waals surface area contributed by atoms with Gasteiger partial charge in [-0.1, -0.05) is 18.2 Å². The molecule has 8 heteroatoms. The first-order valence-electron chi connectivity index (χ1n) is 9.92. The quantitative estimate of drug-likeness (QED) is 0.595. The van der Waals surface area contributed by atoms with Crippen molar-refractivity contribution in [3.63, 3.8) is 0 Å². The van der Waals surface area contributed by atoms with Crippen LogP contribution in [0.15, 0.2) is 66.1 Å². The molecular weight excluding hydrogens is 400 g/mol. The van der Waals surface area contributed by atoms with E-state index in [2.05, 4.69) is 16.3 Å². The monoisotopic (exact) mass is 424 g/mol. The lowest BCUT2D eigenvalue weighted by atomic mass is 9.96. The van der Waals surface area contributed by atoms with Crippen LogP contribution in [0.3, 0.4) is 0 Å². The van der Waals surface area contributed by atoms with Crippen molar-refractivity contribution in [2.75, 3.05) is 19.6 Å². The first-order valence-corrected chi connectivity index (χ1v) is 11.4. The molecule has 1 aliphatic rings. The summed E-state index contributed by atoms with van der Waals surface area (Å²) in [5.41, 5.74) is 2.40. The third-order valence-electron chi connectivity index (χ3n) is 5.33. The first kappa shape index (κ1) is 20.3. The number of piperidine rings is 1. The number of fused-ring (bicyclic) bond motifs is 1. The summed E-state index contributed by atoms with van der Waals surface area (Å²) in [4.78, 5) is 23.0. The molecular formula is C22H24N4O3S. The first-order chi connectivity index (χ1) is 14.5. The molecule has 30 heavy (non-hydrogen) atoms. The molecule has 1 saturated heterocycles. The van der Waals surface area contributed by atoms with Gasteiger partial charge in [-0.05, 0) is 49.2 Å². The summed E-state index contributed by atoms with van der Waals surface area (Å²) in [5, 5.41) is 0. The van der Waals surface area contributed by atoms with Crippen molar-refractivity contribution in [2.24, 2.45) is 0 Å². The molecule has 2 aromatic carbocycles. The predicted octanol–water partition coefficient (Wildman–Crippen LogP) is 3.05. The number of H-pyrrole nitrogens is 1. The van der Waals surface area contributed by atoms with Gasteiger partial charge in [0, 0.05) is 31.1 Å². The molecule has 1 fully saturated rings. The molecule has 0 aliphatic carbocycles. The van der Waals surface area contributed by atoms with Gasteiger partial charge in [0.2, 0.25) is 10.0 Å². The van der Waals surface area contributed by atoms with E-state index in [0.717, 1.165) is 29.7 Å². The fourth-order valence-corrected chi connectivity index (χ4v) is 4.76. The number of carbonyl (C=O) groups excluding carboxylic acids is 1. The van der Waals surface area contributed by atoms with E-state index in [1.54, 1.807) is 12.1 Å². The molecule has 156 valence electrons. The van der Waals surface area contributed by atoms with Gasteiger partial charge < -0.3 is 9.88 Å². The Morgan fingerprint density at radius 3 is 2.73 bits per heavy atom. The van der Waals surface area contributed by atoms with Gasteiger partial charge in [0.15, 0.2) is 0 Å². The lowest BCUT2D eigenvalue weighted by Gasteiger charge is -2.32. The summed E-state index contributed by atoms with van der Waals surface area (Å²) in [6.07, 6.45) is 3.34. The predicted molar refractivity (Wildman–Crippen MR) is 116 cm³/mol. The van der Waals surface area contributed by atoms with E-state index in [1.807, 2.05) is 29.2 Å². The van der Waals surface area contributed by atoms with Gasteiger partial charge in [0.05, 0.1) is 15.9 Å². The lowest BCUT2D eigenvalue weighted by Crippen LogP contribution is -2.39. The van der Waals surface area contributed by atoms with Gasteiger partial charge in [-0.2, -0.15) is 0 Å². The molecule has 1 atom stereocenters. The maximum absolute atomic E-state index is 13.0. The highest BCUT2D eigenvalue weighted by atomic mass is 32.2.